The molecule has 0 aliphatic rings. The van der Waals surface area contributed by atoms with E-state index in [-0.39, 0.29) is 0 Å². The second-order valence-corrected chi connectivity index (χ2v) is 5.76. The maximum absolute atomic E-state index is 5.81. The van der Waals surface area contributed by atoms with Gasteiger partial charge in [0.1, 0.15) is 5.75 Å². The third-order valence-corrected chi connectivity index (χ3v) is 4.43. The van der Waals surface area contributed by atoms with Gasteiger partial charge in [-0.05, 0) is 28.5 Å². The maximum Gasteiger partial charge on any atom is 0.119 e. The number of benzene rings is 2. The highest BCUT2D eigenvalue weighted by atomic mass is 35.5. The van der Waals surface area contributed by atoms with Crippen molar-refractivity contribution in [2.75, 3.05) is 7.11 Å². The van der Waals surface area contributed by atoms with Crippen LogP contribution in [0.1, 0.15) is 16.3 Å². The van der Waals surface area contributed by atoms with Gasteiger partial charge in [0, 0.05) is 11.8 Å². The molecule has 0 saturated heterocycles. The summed E-state index contributed by atoms with van der Waals surface area (Å²) in [7, 11) is 1.69. The molecule has 0 atom stereocenters. The molecule has 0 spiro atoms. The van der Waals surface area contributed by atoms with Crippen LogP contribution in [0, 0.1) is 0 Å². The van der Waals surface area contributed by atoms with E-state index in [2.05, 4.69) is 35.3 Å². The Morgan fingerprint density at radius 1 is 1.25 bits per heavy atom. The average molecular weight is 304 g/mol. The van der Waals surface area contributed by atoms with E-state index < -0.39 is 0 Å². The van der Waals surface area contributed by atoms with Gasteiger partial charge in [0.05, 0.1) is 23.7 Å². The molecular weight excluding hydrogens is 290 g/mol. The van der Waals surface area contributed by atoms with E-state index in [0.29, 0.717) is 5.88 Å². The monoisotopic (exact) mass is 303 g/mol. The topological polar surface area (TPSA) is 22.1 Å². The lowest BCUT2D eigenvalue weighted by Gasteiger charge is -2.07. The first-order valence-electron chi connectivity index (χ1n) is 6.35. The van der Waals surface area contributed by atoms with E-state index in [1.165, 1.54) is 16.3 Å². The maximum atomic E-state index is 5.81. The molecule has 0 amide bonds. The predicted molar refractivity (Wildman–Crippen MR) is 85.0 cm³/mol. The molecule has 0 aliphatic carbocycles. The van der Waals surface area contributed by atoms with Gasteiger partial charge in [0.2, 0.25) is 0 Å². The van der Waals surface area contributed by atoms with Crippen molar-refractivity contribution in [1.29, 1.82) is 0 Å². The number of alkyl halides is 1. The molecule has 102 valence electrons. The zero-order valence-electron chi connectivity index (χ0n) is 11.1. The molecule has 0 fully saturated rings. The number of hydrogen-bond acceptors (Lipinski definition) is 3. The molecule has 4 heteroatoms. The van der Waals surface area contributed by atoms with Crippen molar-refractivity contribution in [3.8, 4) is 5.75 Å². The zero-order valence-corrected chi connectivity index (χ0v) is 12.7. The first kappa shape index (κ1) is 13.4. The Morgan fingerprint density at radius 2 is 2.15 bits per heavy atom. The smallest absolute Gasteiger partial charge is 0.119 e. The van der Waals surface area contributed by atoms with Crippen LogP contribution in [0.15, 0.2) is 41.8 Å². The van der Waals surface area contributed by atoms with Gasteiger partial charge in [-0.25, -0.2) is 4.98 Å². The van der Waals surface area contributed by atoms with Gasteiger partial charge in [-0.2, -0.15) is 0 Å². The molecule has 1 heterocycles. The fourth-order valence-electron chi connectivity index (χ4n) is 2.25. The van der Waals surface area contributed by atoms with Crippen LogP contribution in [0.25, 0.3) is 10.8 Å². The Labute approximate surface area is 127 Å². The number of thiazole rings is 1. The van der Waals surface area contributed by atoms with Gasteiger partial charge in [-0.3, -0.25) is 0 Å². The van der Waals surface area contributed by atoms with Crippen LogP contribution < -0.4 is 4.74 Å². The van der Waals surface area contributed by atoms with E-state index in [9.17, 15) is 0 Å². The summed E-state index contributed by atoms with van der Waals surface area (Å²) in [6, 6.07) is 12.5. The van der Waals surface area contributed by atoms with E-state index in [4.69, 9.17) is 16.3 Å². The van der Waals surface area contributed by atoms with Crippen LogP contribution in [0.3, 0.4) is 0 Å². The molecule has 3 rings (SSSR count). The predicted octanol–water partition coefficient (Wildman–Crippen LogP) is 4.63. The van der Waals surface area contributed by atoms with Gasteiger partial charge in [-0.15, -0.1) is 22.9 Å². The van der Waals surface area contributed by atoms with Crippen LogP contribution in [0.4, 0.5) is 0 Å². The Bertz CT molecular complexity index is 738. The molecule has 20 heavy (non-hydrogen) atoms. The van der Waals surface area contributed by atoms with E-state index in [0.717, 1.165) is 22.9 Å². The molecule has 2 aromatic carbocycles. The number of nitrogens with zero attached hydrogens (tertiary/aromatic N) is 1. The standard InChI is InChI=1S/C16H14ClNOS/c1-19-14-6-5-11-3-2-4-12(15(11)8-14)7-16-18-13(9-17)10-20-16/h2-6,8,10H,7,9H2,1H3. The Hall–Kier alpha value is -1.58. The second-order valence-electron chi connectivity index (χ2n) is 4.55. The summed E-state index contributed by atoms with van der Waals surface area (Å²) in [6.45, 7) is 0. The lowest BCUT2D eigenvalue weighted by molar-refractivity contribution is 0.415. The summed E-state index contributed by atoms with van der Waals surface area (Å²) in [4.78, 5) is 4.53. The molecule has 0 radical (unpaired) electrons. The number of methoxy groups -OCH3 is 1. The minimum Gasteiger partial charge on any atom is -0.497 e. The molecule has 0 N–H and O–H groups in total. The number of rotatable bonds is 4. The number of hydrogen-bond donors (Lipinski definition) is 0. The summed E-state index contributed by atoms with van der Waals surface area (Å²) >= 11 is 7.47. The first-order chi connectivity index (χ1) is 9.80. The summed E-state index contributed by atoms with van der Waals surface area (Å²) in [5, 5.41) is 5.55. The van der Waals surface area contributed by atoms with Gasteiger partial charge >= 0.3 is 0 Å². The molecule has 1 aromatic heterocycles. The highest BCUT2D eigenvalue weighted by Crippen LogP contribution is 2.26. The van der Waals surface area contributed by atoms with Gasteiger partial charge in [0.25, 0.3) is 0 Å². The van der Waals surface area contributed by atoms with Crippen molar-refractivity contribution in [2.45, 2.75) is 12.3 Å². The molecule has 0 aliphatic heterocycles. The highest BCUT2D eigenvalue weighted by molar-refractivity contribution is 7.09. The summed E-state index contributed by atoms with van der Waals surface area (Å²) in [5.41, 5.74) is 2.21. The fraction of sp³-hybridized carbons (Fsp3) is 0.188. The van der Waals surface area contributed by atoms with Gasteiger partial charge in [0.15, 0.2) is 0 Å². The fourth-order valence-corrected chi connectivity index (χ4v) is 3.30. The van der Waals surface area contributed by atoms with Crippen molar-refractivity contribution < 1.29 is 4.74 Å². The van der Waals surface area contributed by atoms with Crippen molar-refractivity contribution in [2.24, 2.45) is 0 Å². The van der Waals surface area contributed by atoms with Crippen molar-refractivity contribution >= 4 is 33.7 Å². The largest absolute Gasteiger partial charge is 0.497 e. The van der Waals surface area contributed by atoms with Crippen LogP contribution >= 0.6 is 22.9 Å². The number of halogens is 1. The quantitative estimate of drug-likeness (QED) is 0.655. The van der Waals surface area contributed by atoms with Crippen LogP contribution in [-0.4, -0.2) is 12.1 Å². The Balaban J connectivity index is 2.01. The van der Waals surface area contributed by atoms with Gasteiger partial charge in [-0.1, -0.05) is 24.3 Å². The summed E-state index contributed by atoms with van der Waals surface area (Å²) in [5.74, 6) is 1.35. The number of ether oxygens (including phenoxy) is 1. The number of aromatic nitrogens is 1. The molecule has 0 saturated carbocycles. The molecule has 2 nitrogen and oxygen atoms in total. The van der Waals surface area contributed by atoms with Crippen molar-refractivity contribution in [1.82, 2.24) is 4.98 Å². The average Bonchev–Trinajstić information content (AvgIpc) is 2.95. The molecular formula is C16H14ClNOS. The SMILES string of the molecule is COc1ccc2cccc(Cc3nc(CCl)cs3)c2c1. The summed E-state index contributed by atoms with van der Waals surface area (Å²) < 4.78 is 5.32. The lowest BCUT2D eigenvalue weighted by atomic mass is 10.0. The Kier molecular flexibility index (Phi) is 3.90. The summed E-state index contributed by atoms with van der Waals surface area (Å²) in [6.07, 6.45) is 0.825. The number of fused-ring (bicyclic) bond motifs is 1. The van der Waals surface area contributed by atoms with Crippen LogP contribution in [-0.2, 0) is 12.3 Å². The molecule has 3 aromatic rings. The van der Waals surface area contributed by atoms with Crippen LogP contribution in [0.5, 0.6) is 5.75 Å². The minimum atomic E-state index is 0.472. The minimum absolute atomic E-state index is 0.472. The lowest BCUT2D eigenvalue weighted by Crippen LogP contribution is -1.91. The molecule has 0 unspecified atom stereocenters. The normalized spacial score (nSPS) is 10.9. The van der Waals surface area contributed by atoms with Crippen molar-refractivity contribution in [3.05, 3.63) is 58.0 Å². The van der Waals surface area contributed by atoms with Crippen LogP contribution in [0.2, 0.25) is 0 Å². The van der Waals surface area contributed by atoms with E-state index in [1.807, 2.05) is 11.4 Å². The first-order valence-corrected chi connectivity index (χ1v) is 7.76. The van der Waals surface area contributed by atoms with Gasteiger partial charge < -0.3 is 4.74 Å². The third kappa shape index (κ3) is 2.65. The second kappa shape index (κ2) is 5.81. The Morgan fingerprint density at radius 3 is 2.90 bits per heavy atom. The third-order valence-electron chi connectivity index (χ3n) is 3.26. The van der Waals surface area contributed by atoms with E-state index >= 15 is 0 Å². The van der Waals surface area contributed by atoms with Crippen molar-refractivity contribution in [3.63, 3.8) is 0 Å². The highest BCUT2D eigenvalue weighted by Gasteiger charge is 2.07. The molecule has 0 bridgehead atoms. The zero-order chi connectivity index (χ0) is 13.9. The van der Waals surface area contributed by atoms with E-state index in [1.54, 1.807) is 18.4 Å².